The maximum Gasteiger partial charge on any atom is 0.435 e. The summed E-state index contributed by atoms with van der Waals surface area (Å²) in [4.78, 5) is 12.8. The molecule has 1 aliphatic carbocycles. The van der Waals surface area contributed by atoms with Crippen LogP contribution in [0.25, 0.3) is 0 Å². The molecule has 1 saturated carbocycles. The van der Waals surface area contributed by atoms with Gasteiger partial charge in [-0.25, -0.2) is 0 Å². The number of hydrogen-bond acceptors (Lipinski definition) is 2. The van der Waals surface area contributed by atoms with Crippen LogP contribution in [0, 0.1) is 6.92 Å². The number of aryl methyl sites for hydroxylation is 1. The summed E-state index contributed by atoms with van der Waals surface area (Å²) in [6.45, 7) is 5.54. The van der Waals surface area contributed by atoms with Crippen molar-refractivity contribution in [2.24, 2.45) is 0 Å². The molecule has 2 unspecified atom stereocenters. The van der Waals surface area contributed by atoms with Crippen LogP contribution in [0.1, 0.15) is 73.6 Å². The van der Waals surface area contributed by atoms with E-state index in [1.165, 1.54) is 4.68 Å². The molecule has 1 aromatic carbocycles. The van der Waals surface area contributed by atoms with Gasteiger partial charge >= 0.3 is 6.18 Å². The number of aromatic nitrogens is 2. The molecule has 4 nitrogen and oxygen atoms in total. The molecule has 1 aromatic heterocycles. The van der Waals surface area contributed by atoms with E-state index < -0.39 is 17.9 Å². The van der Waals surface area contributed by atoms with Crippen molar-refractivity contribution in [2.75, 3.05) is 0 Å². The molecule has 1 heterocycles. The van der Waals surface area contributed by atoms with Gasteiger partial charge in [0.05, 0.1) is 6.04 Å². The normalized spacial score (nSPS) is 16.8. The van der Waals surface area contributed by atoms with Crippen molar-refractivity contribution in [2.45, 2.75) is 64.2 Å². The third-order valence-electron chi connectivity index (χ3n) is 5.00. The van der Waals surface area contributed by atoms with Crippen LogP contribution in [-0.4, -0.2) is 15.7 Å². The molecule has 7 heteroatoms. The van der Waals surface area contributed by atoms with E-state index in [4.69, 9.17) is 0 Å². The molecule has 0 spiro atoms. The fraction of sp³-hybridized carbons (Fsp3) is 0.500. The zero-order chi connectivity index (χ0) is 19.8. The van der Waals surface area contributed by atoms with Crippen molar-refractivity contribution in [3.8, 4) is 0 Å². The highest BCUT2D eigenvalue weighted by atomic mass is 19.4. The van der Waals surface area contributed by atoms with Crippen molar-refractivity contribution < 1.29 is 18.0 Å². The minimum Gasteiger partial charge on any atom is -0.347 e. The SMILES string of the molecule is CCC(NC(=O)C(C)n1nc(C(F)(F)F)cc1C1CC1)c1ccc(C)cc1. The van der Waals surface area contributed by atoms with Crippen LogP contribution < -0.4 is 5.32 Å². The second kappa shape index (κ2) is 7.37. The maximum absolute atomic E-state index is 13.1. The molecule has 1 N–H and O–H groups in total. The Morgan fingerprint density at radius 3 is 2.44 bits per heavy atom. The van der Waals surface area contributed by atoms with E-state index in [2.05, 4.69) is 10.4 Å². The lowest BCUT2D eigenvalue weighted by Crippen LogP contribution is -2.35. The molecule has 0 aliphatic heterocycles. The molecule has 146 valence electrons. The summed E-state index contributed by atoms with van der Waals surface area (Å²) < 4.78 is 40.5. The van der Waals surface area contributed by atoms with Gasteiger partial charge in [-0.3, -0.25) is 9.48 Å². The lowest BCUT2D eigenvalue weighted by atomic mass is 10.0. The van der Waals surface area contributed by atoms with Crippen LogP contribution >= 0.6 is 0 Å². The van der Waals surface area contributed by atoms with Gasteiger partial charge in [0, 0.05) is 11.6 Å². The zero-order valence-electron chi connectivity index (χ0n) is 15.7. The molecular formula is C20H24F3N3O. The fourth-order valence-corrected chi connectivity index (χ4v) is 3.16. The van der Waals surface area contributed by atoms with Gasteiger partial charge < -0.3 is 5.32 Å². The quantitative estimate of drug-likeness (QED) is 0.775. The topological polar surface area (TPSA) is 46.9 Å². The number of alkyl halides is 3. The third kappa shape index (κ3) is 4.34. The van der Waals surface area contributed by atoms with Crippen molar-refractivity contribution in [3.63, 3.8) is 0 Å². The van der Waals surface area contributed by atoms with Gasteiger partial charge in [0.15, 0.2) is 5.69 Å². The summed E-state index contributed by atoms with van der Waals surface area (Å²) in [5, 5.41) is 6.67. The fourth-order valence-electron chi connectivity index (χ4n) is 3.16. The van der Waals surface area contributed by atoms with Gasteiger partial charge in [-0.15, -0.1) is 0 Å². The number of hydrogen-bond donors (Lipinski definition) is 1. The molecule has 1 aliphatic rings. The van der Waals surface area contributed by atoms with E-state index in [-0.39, 0.29) is 17.9 Å². The Balaban J connectivity index is 1.80. The number of nitrogens with one attached hydrogen (secondary N) is 1. The first-order chi connectivity index (χ1) is 12.7. The summed E-state index contributed by atoms with van der Waals surface area (Å²) in [5.74, 6) is -0.274. The Bertz CT molecular complexity index is 807. The second-order valence-electron chi connectivity index (χ2n) is 7.23. The molecule has 0 saturated heterocycles. The molecule has 0 radical (unpaired) electrons. The number of benzene rings is 1. The molecular weight excluding hydrogens is 355 g/mol. The highest BCUT2D eigenvalue weighted by Crippen LogP contribution is 2.43. The average Bonchev–Trinajstić information content (AvgIpc) is 3.36. The number of amides is 1. The van der Waals surface area contributed by atoms with E-state index >= 15 is 0 Å². The maximum atomic E-state index is 13.1. The van der Waals surface area contributed by atoms with Gasteiger partial charge in [-0.05, 0) is 44.7 Å². The number of carbonyl (C=O) groups is 1. The Hall–Kier alpha value is -2.31. The smallest absolute Gasteiger partial charge is 0.347 e. The number of halogens is 3. The number of nitrogens with zero attached hydrogens (tertiary/aromatic N) is 2. The third-order valence-corrected chi connectivity index (χ3v) is 5.00. The van der Waals surface area contributed by atoms with Gasteiger partial charge in [-0.2, -0.15) is 18.3 Å². The van der Waals surface area contributed by atoms with Crippen LogP contribution in [-0.2, 0) is 11.0 Å². The van der Waals surface area contributed by atoms with Crippen molar-refractivity contribution in [1.82, 2.24) is 15.1 Å². The lowest BCUT2D eigenvalue weighted by Gasteiger charge is -2.22. The highest BCUT2D eigenvalue weighted by molar-refractivity contribution is 5.80. The van der Waals surface area contributed by atoms with Crippen LogP contribution in [0.5, 0.6) is 0 Å². The monoisotopic (exact) mass is 379 g/mol. The summed E-state index contributed by atoms with van der Waals surface area (Å²) in [5.41, 5.74) is 1.66. The Morgan fingerprint density at radius 1 is 1.30 bits per heavy atom. The predicted molar refractivity (Wildman–Crippen MR) is 96.3 cm³/mol. The first-order valence-corrected chi connectivity index (χ1v) is 9.24. The van der Waals surface area contributed by atoms with Gasteiger partial charge in [0.2, 0.25) is 5.91 Å². The Labute approximate surface area is 156 Å². The van der Waals surface area contributed by atoms with E-state index in [9.17, 15) is 18.0 Å². The van der Waals surface area contributed by atoms with Crippen LogP contribution in [0.3, 0.4) is 0 Å². The minimum absolute atomic E-state index is 0.0583. The second-order valence-corrected chi connectivity index (χ2v) is 7.23. The largest absolute Gasteiger partial charge is 0.435 e. The minimum atomic E-state index is -4.51. The van der Waals surface area contributed by atoms with E-state index in [1.807, 2.05) is 38.1 Å². The molecule has 3 rings (SSSR count). The Morgan fingerprint density at radius 2 is 1.93 bits per heavy atom. The number of carbonyl (C=O) groups excluding carboxylic acids is 1. The first-order valence-electron chi connectivity index (χ1n) is 9.24. The van der Waals surface area contributed by atoms with Gasteiger partial charge in [0.25, 0.3) is 0 Å². The molecule has 0 bridgehead atoms. The summed E-state index contributed by atoms with van der Waals surface area (Å²) >= 11 is 0. The predicted octanol–water partition coefficient (Wildman–Crippen LogP) is 4.92. The zero-order valence-corrected chi connectivity index (χ0v) is 15.7. The van der Waals surface area contributed by atoms with Crippen molar-refractivity contribution in [1.29, 1.82) is 0 Å². The molecule has 2 atom stereocenters. The van der Waals surface area contributed by atoms with Gasteiger partial charge in [0.1, 0.15) is 6.04 Å². The molecule has 2 aromatic rings. The standard InChI is InChI=1S/C20H24F3N3O/c1-4-16(14-7-5-12(2)6-8-14)24-19(27)13(3)26-17(15-9-10-15)11-18(25-26)20(21,22)23/h5-8,11,13,15-16H,4,9-10H2,1-3H3,(H,24,27). The molecule has 27 heavy (non-hydrogen) atoms. The average molecular weight is 379 g/mol. The lowest BCUT2D eigenvalue weighted by molar-refractivity contribution is -0.142. The van der Waals surface area contributed by atoms with Gasteiger partial charge in [-0.1, -0.05) is 36.8 Å². The number of rotatable bonds is 6. The van der Waals surface area contributed by atoms with Crippen LogP contribution in [0.2, 0.25) is 0 Å². The first kappa shape index (κ1) is 19.5. The van der Waals surface area contributed by atoms with E-state index in [0.29, 0.717) is 12.1 Å². The van der Waals surface area contributed by atoms with E-state index in [0.717, 1.165) is 30.0 Å². The van der Waals surface area contributed by atoms with Crippen molar-refractivity contribution >= 4 is 5.91 Å². The summed E-state index contributed by atoms with van der Waals surface area (Å²) in [6.07, 6.45) is -2.17. The summed E-state index contributed by atoms with van der Waals surface area (Å²) in [7, 11) is 0. The highest BCUT2D eigenvalue weighted by Gasteiger charge is 2.39. The van der Waals surface area contributed by atoms with Crippen LogP contribution in [0.4, 0.5) is 13.2 Å². The molecule has 1 fully saturated rings. The van der Waals surface area contributed by atoms with Crippen LogP contribution in [0.15, 0.2) is 30.3 Å². The van der Waals surface area contributed by atoms with E-state index in [1.54, 1.807) is 6.92 Å². The molecule has 1 amide bonds. The summed E-state index contributed by atoms with van der Waals surface area (Å²) in [6, 6.07) is 7.95. The van der Waals surface area contributed by atoms with Crippen molar-refractivity contribution in [3.05, 3.63) is 52.8 Å². The Kier molecular flexibility index (Phi) is 5.31.